The number of hydrogen-bond acceptors (Lipinski definition) is 7. The molecule has 0 saturated carbocycles. The average Bonchev–Trinajstić information content (AvgIpc) is 3.06. The molecule has 3 rings (SSSR count). The third-order valence-corrected chi connectivity index (χ3v) is 3.61. The number of aryl methyl sites for hydroxylation is 1. The number of benzene rings is 1. The molecule has 0 fully saturated rings. The van der Waals surface area contributed by atoms with Crippen LogP contribution < -0.4 is 10.2 Å². The Hall–Kier alpha value is -3.49. The monoisotopic (exact) mass is 354 g/mol. The van der Waals surface area contributed by atoms with Crippen LogP contribution in [0.1, 0.15) is 16.3 Å². The van der Waals surface area contributed by atoms with Crippen molar-refractivity contribution in [3.8, 4) is 0 Å². The first-order valence-electron chi connectivity index (χ1n) is 7.87. The molecular weight excluding hydrogens is 336 g/mol. The fourth-order valence-corrected chi connectivity index (χ4v) is 2.23. The molecule has 0 atom stereocenters. The summed E-state index contributed by atoms with van der Waals surface area (Å²) in [5.41, 5.74) is 2.40. The highest BCUT2D eigenvalue weighted by Gasteiger charge is 2.17. The number of nitrogens with zero attached hydrogens (tertiary/aromatic N) is 5. The van der Waals surface area contributed by atoms with E-state index in [0.717, 1.165) is 11.4 Å². The number of aromatic nitrogens is 4. The maximum Gasteiger partial charge on any atom is 0.378 e. The predicted octanol–water partition coefficient (Wildman–Crippen LogP) is 1.29. The van der Waals surface area contributed by atoms with Gasteiger partial charge in [0.25, 0.3) is 17.5 Å². The highest BCUT2D eigenvalue weighted by atomic mass is 16.5. The number of nitrogens with one attached hydrogen (secondary N) is 1. The Bertz CT molecular complexity index is 949. The summed E-state index contributed by atoms with van der Waals surface area (Å²) in [4.78, 5) is 33.9. The summed E-state index contributed by atoms with van der Waals surface area (Å²) in [6.45, 7) is 1.38. The van der Waals surface area contributed by atoms with Crippen molar-refractivity contribution in [1.82, 2.24) is 19.6 Å². The van der Waals surface area contributed by atoms with E-state index in [4.69, 9.17) is 4.74 Å². The number of rotatable bonds is 5. The van der Waals surface area contributed by atoms with Gasteiger partial charge in [0.05, 0.1) is 0 Å². The van der Waals surface area contributed by atoms with Gasteiger partial charge in [0, 0.05) is 37.4 Å². The van der Waals surface area contributed by atoms with Crippen LogP contribution in [-0.2, 0) is 9.53 Å². The summed E-state index contributed by atoms with van der Waals surface area (Å²) in [5.74, 6) is -1.08. The molecule has 0 aliphatic carbocycles. The maximum atomic E-state index is 12.0. The minimum Gasteiger partial charge on any atom is -0.450 e. The zero-order chi connectivity index (χ0) is 18.7. The second kappa shape index (κ2) is 7.18. The highest BCUT2D eigenvalue weighted by Crippen LogP contribution is 2.15. The molecule has 1 N–H and O–H groups in total. The van der Waals surface area contributed by atoms with Crippen LogP contribution in [0.4, 0.5) is 11.4 Å². The van der Waals surface area contributed by atoms with Crippen LogP contribution in [0.5, 0.6) is 0 Å². The molecule has 0 bridgehead atoms. The number of amides is 1. The number of hydrogen-bond donors (Lipinski definition) is 1. The van der Waals surface area contributed by atoms with E-state index in [1.54, 1.807) is 24.4 Å². The second-order valence-corrected chi connectivity index (χ2v) is 5.80. The van der Waals surface area contributed by atoms with Crippen LogP contribution in [0, 0.1) is 6.92 Å². The molecule has 1 aromatic carbocycles. The molecule has 0 aliphatic heterocycles. The Morgan fingerprint density at radius 2 is 1.92 bits per heavy atom. The van der Waals surface area contributed by atoms with Gasteiger partial charge in [-0.3, -0.25) is 4.79 Å². The first-order valence-corrected chi connectivity index (χ1v) is 7.87. The largest absolute Gasteiger partial charge is 0.450 e. The Labute approximate surface area is 149 Å². The smallest absolute Gasteiger partial charge is 0.378 e. The Morgan fingerprint density at radius 1 is 1.19 bits per heavy atom. The lowest BCUT2D eigenvalue weighted by atomic mass is 10.2. The van der Waals surface area contributed by atoms with Crippen molar-refractivity contribution in [1.29, 1.82) is 0 Å². The lowest BCUT2D eigenvalue weighted by Crippen LogP contribution is -2.21. The minimum atomic E-state index is -0.784. The molecule has 26 heavy (non-hydrogen) atoms. The van der Waals surface area contributed by atoms with E-state index in [-0.39, 0.29) is 5.82 Å². The van der Waals surface area contributed by atoms with Crippen LogP contribution in [0.3, 0.4) is 0 Å². The molecule has 0 unspecified atom stereocenters. The summed E-state index contributed by atoms with van der Waals surface area (Å²) in [6, 6.07) is 9.03. The van der Waals surface area contributed by atoms with Crippen LogP contribution in [0.25, 0.3) is 5.78 Å². The van der Waals surface area contributed by atoms with Crippen LogP contribution >= 0.6 is 0 Å². The summed E-state index contributed by atoms with van der Waals surface area (Å²) in [7, 11) is 3.86. The van der Waals surface area contributed by atoms with Gasteiger partial charge in [-0.05, 0) is 37.3 Å². The first-order chi connectivity index (χ1) is 12.4. The number of esters is 1. The van der Waals surface area contributed by atoms with Gasteiger partial charge in [0.2, 0.25) is 0 Å². The van der Waals surface area contributed by atoms with Gasteiger partial charge in [0.1, 0.15) is 0 Å². The van der Waals surface area contributed by atoms with Crippen molar-refractivity contribution < 1.29 is 14.3 Å². The zero-order valence-corrected chi connectivity index (χ0v) is 14.6. The van der Waals surface area contributed by atoms with Gasteiger partial charge in [-0.2, -0.15) is 4.98 Å². The SMILES string of the molecule is Cc1ccnc2nc(C(=O)OCC(=O)Nc3ccc(N(C)C)cc3)nn12. The van der Waals surface area contributed by atoms with Crippen LogP contribution in [0.15, 0.2) is 36.5 Å². The summed E-state index contributed by atoms with van der Waals surface area (Å²) in [6.07, 6.45) is 1.57. The van der Waals surface area contributed by atoms with Crippen molar-refractivity contribution in [2.24, 2.45) is 0 Å². The van der Waals surface area contributed by atoms with Crippen LogP contribution in [0.2, 0.25) is 0 Å². The molecule has 0 aliphatic rings. The van der Waals surface area contributed by atoms with Gasteiger partial charge in [0.15, 0.2) is 6.61 Å². The molecule has 0 radical (unpaired) electrons. The Balaban J connectivity index is 1.58. The van der Waals surface area contributed by atoms with Gasteiger partial charge in [-0.1, -0.05) is 0 Å². The van der Waals surface area contributed by atoms with E-state index in [1.807, 2.05) is 38.1 Å². The zero-order valence-electron chi connectivity index (χ0n) is 14.6. The number of anilines is 2. The van der Waals surface area contributed by atoms with Crippen molar-refractivity contribution in [2.75, 3.05) is 30.9 Å². The second-order valence-electron chi connectivity index (χ2n) is 5.80. The molecule has 9 nitrogen and oxygen atoms in total. The standard InChI is InChI=1S/C17H18N6O3/c1-11-8-9-18-17-20-15(21-23(11)17)16(25)26-10-14(24)19-12-4-6-13(7-5-12)22(2)3/h4-9H,10H2,1-3H3,(H,19,24). The third-order valence-electron chi connectivity index (χ3n) is 3.61. The topological polar surface area (TPSA) is 102 Å². The van der Waals surface area contributed by atoms with Crippen LogP contribution in [-0.4, -0.2) is 52.2 Å². The summed E-state index contributed by atoms with van der Waals surface area (Å²) >= 11 is 0. The molecule has 0 saturated heterocycles. The Morgan fingerprint density at radius 3 is 2.58 bits per heavy atom. The van der Waals surface area contributed by atoms with E-state index in [2.05, 4.69) is 20.4 Å². The third kappa shape index (κ3) is 3.77. The molecule has 2 heterocycles. The number of carbonyl (C=O) groups excluding carboxylic acids is 2. The highest BCUT2D eigenvalue weighted by molar-refractivity contribution is 5.94. The van der Waals surface area contributed by atoms with Crippen molar-refractivity contribution >= 4 is 29.0 Å². The number of carbonyl (C=O) groups is 2. The lowest BCUT2D eigenvalue weighted by Gasteiger charge is -2.13. The molecule has 1 amide bonds. The van der Waals surface area contributed by atoms with Crippen molar-refractivity contribution in [3.05, 3.63) is 48.0 Å². The average molecular weight is 354 g/mol. The van der Waals surface area contributed by atoms with E-state index in [0.29, 0.717) is 11.5 Å². The van der Waals surface area contributed by atoms with E-state index in [9.17, 15) is 9.59 Å². The lowest BCUT2D eigenvalue weighted by molar-refractivity contribution is -0.119. The summed E-state index contributed by atoms with van der Waals surface area (Å²) in [5, 5.41) is 6.69. The normalized spacial score (nSPS) is 10.6. The van der Waals surface area contributed by atoms with Crippen molar-refractivity contribution in [2.45, 2.75) is 6.92 Å². The fraction of sp³-hybridized carbons (Fsp3) is 0.235. The molecule has 9 heteroatoms. The number of fused-ring (bicyclic) bond motifs is 1. The molecule has 134 valence electrons. The van der Waals surface area contributed by atoms with E-state index >= 15 is 0 Å². The molecule has 0 spiro atoms. The first kappa shape index (κ1) is 17.3. The fourth-order valence-electron chi connectivity index (χ4n) is 2.23. The van der Waals surface area contributed by atoms with Crippen molar-refractivity contribution in [3.63, 3.8) is 0 Å². The minimum absolute atomic E-state index is 0.144. The molecule has 2 aromatic heterocycles. The van der Waals surface area contributed by atoms with E-state index < -0.39 is 18.5 Å². The quantitative estimate of drug-likeness (QED) is 0.689. The predicted molar refractivity (Wildman–Crippen MR) is 95.2 cm³/mol. The Kier molecular flexibility index (Phi) is 4.78. The van der Waals surface area contributed by atoms with Gasteiger partial charge >= 0.3 is 5.97 Å². The summed E-state index contributed by atoms with van der Waals surface area (Å²) < 4.78 is 6.40. The number of ether oxygens (including phenoxy) is 1. The molecular formula is C17H18N6O3. The molecule has 3 aromatic rings. The van der Waals surface area contributed by atoms with E-state index in [1.165, 1.54) is 4.52 Å². The maximum absolute atomic E-state index is 12.0. The van der Waals surface area contributed by atoms with Gasteiger partial charge in [-0.25, -0.2) is 14.3 Å². The van der Waals surface area contributed by atoms with Gasteiger partial charge < -0.3 is 15.0 Å². The van der Waals surface area contributed by atoms with Gasteiger partial charge in [-0.15, -0.1) is 5.10 Å².